The molecule has 1 aliphatic rings. The fourth-order valence-corrected chi connectivity index (χ4v) is 2.13. The molecule has 3 heterocycles. The first-order valence-corrected chi connectivity index (χ1v) is 5.95. The van der Waals surface area contributed by atoms with E-state index < -0.39 is 0 Å². The molecule has 0 amide bonds. The van der Waals surface area contributed by atoms with Gasteiger partial charge >= 0.3 is 0 Å². The molecule has 0 aliphatic carbocycles. The van der Waals surface area contributed by atoms with E-state index >= 15 is 0 Å². The third kappa shape index (κ3) is 1.92. The maximum absolute atomic E-state index is 5.81. The smallest absolute Gasteiger partial charge is 0.226 e. The van der Waals surface area contributed by atoms with E-state index in [2.05, 4.69) is 37.1 Å². The standard InChI is InChI=1S/C11H15N7/c1-7-5-18(3-2-13-7)11-14-4-8-9(17-11)10(12)16-6-15-8/h4,6-7,13H,2-3,5H2,1H3,(H2,12,15,16). The van der Waals surface area contributed by atoms with Crippen LogP contribution in [0.25, 0.3) is 11.0 Å². The van der Waals surface area contributed by atoms with Gasteiger partial charge in [-0.15, -0.1) is 0 Å². The number of nitrogens with one attached hydrogen (secondary N) is 1. The Hall–Kier alpha value is -2.02. The first-order valence-electron chi connectivity index (χ1n) is 5.95. The van der Waals surface area contributed by atoms with E-state index in [1.54, 1.807) is 6.20 Å². The number of anilines is 2. The lowest BCUT2D eigenvalue weighted by Crippen LogP contribution is -2.49. The highest BCUT2D eigenvalue weighted by Gasteiger charge is 2.18. The molecule has 1 aliphatic heterocycles. The van der Waals surface area contributed by atoms with Crippen LogP contribution in [-0.2, 0) is 0 Å². The zero-order valence-electron chi connectivity index (χ0n) is 10.2. The van der Waals surface area contributed by atoms with Gasteiger partial charge in [-0.05, 0) is 6.92 Å². The molecule has 18 heavy (non-hydrogen) atoms. The van der Waals surface area contributed by atoms with Gasteiger partial charge in [-0.25, -0.2) is 19.9 Å². The second kappa shape index (κ2) is 4.34. The minimum atomic E-state index is 0.395. The lowest BCUT2D eigenvalue weighted by molar-refractivity contribution is 0.480. The average Bonchev–Trinajstić information content (AvgIpc) is 2.39. The second-order valence-corrected chi connectivity index (χ2v) is 4.46. The first-order chi connectivity index (χ1) is 8.74. The van der Waals surface area contributed by atoms with Crippen molar-refractivity contribution in [1.29, 1.82) is 0 Å². The summed E-state index contributed by atoms with van der Waals surface area (Å²) in [5.74, 6) is 1.09. The highest BCUT2D eigenvalue weighted by Crippen LogP contribution is 2.17. The Bertz CT molecular complexity index is 570. The van der Waals surface area contributed by atoms with Crippen molar-refractivity contribution in [2.45, 2.75) is 13.0 Å². The van der Waals surface area contributed by atoms with Crippen LogP contribution in [0.3, 0.4) is 0 Å². The third-order valence-corrected chi connectivity index (χ3v) is 3.04. The van der Waals surface area contributed by atoms with E-state index in [1.807, 2.05) is 0 Å². The van der Waals surface area contributed by atoms with Crippen molar-refractivity contribution in [3.8, 4) is 0 Å². The summed E-state index contributed by atoms with van der Waals surface area (Å²) in [6.45, 7) is 4.86. The lowest BCUT2D eigenvalue weighted by atomic mass is 10.2. The molecule has 1 unspecified atom stereocenters. The quantitative estimate of drug-likeness (QED) is 0.718. The van der Waals surface area contributed by atoms with Gasteiger partial charge < -0.3 is 16.0 Å². The summed E-state index contributed by atoms with van der Waals surface area (Å²) in [5, 5.41) is 3.38. The van der Waals surface area contributed by atoms with E-state index in [0.29, 0.717) is 28.8 Å². The number of rotatable bonds is 1. The minimum Gasteiger partial charge on any atom is -0.382 e. The molecule has 3 rings (SSSR count). The van der Waals surface area contributed by atoms with Crippen LogP contribution in [0.5, 0.6) is 0 Å². The van der Waals surface area contributed by atoms with E-state index in [9.17, 15) is 0 Å². The average molecular weight is 245 g/mol. The maximum Gasteiger partial charge on any atom is 0.226 e. The van der Waals surface area contributed by atoms with Gasteiger partial charge in [0, 0.05) is 25.7 Å². The molecule has 1 atom stereocenters. The molecule has 0 aromatic carbocycles. The van der Waals surface area contributed by atoms with Gasteiger partial charge in [0.2, 0.25) is 5.95 Å². The Labute approximate surface area is 104 Å². The Morgan fingerprint density at radius 1 is 1.39 bits per heavy atom. The topological polar surface area (TPSA) is 92.9 Å². The maximum atomic E-state index is 5.81. The first kappa shape index (κ1) is 11.1. The number of aromatic nitrogens is 4. The van der Waals surface area contributed by atoms with E-state index in [4.69, 9.17) is 5.73 Å². The zero-order chi connectivity index (χ0) is 12.5. The van der Waals surface area contributed by atoms with Gasteiger partial charge in [0.1, 0.15) is 17.4 Å². The monoisotopic (exact) mass is 245 g/mol. The lowest BCUT2D eigenvalue weighted by Gasteiger charge is -2.31. The van der Waals surface area contributed by atoms with Crippen molar-refractivity contribution in [1.82, 2.24) is 25.3 Å². The molecule has 3 N–H and O–H groups in total. The number of nitrogens with zero attached hydrogens (tertiary/aromatic N) is 5. The number of nitrogens with two attached hydrogens (primary N) is 1. The Kier molecular flexibility index (Phi) is 2.67. The number of hydrogen-bond acceptors (Lipinski definition) is 7. The zero-order valence-corrected chi connectivity index (χ0v) is 10.2. The molecule has 0 saturated carbocycles. The molecule has 2 aromatic rings. The fraction of sp³-hybridized carbons (Fsp3) is 0.455. The highest BCUT2D eigenvalue weighted by molar-refractivity contribution is 5.83. The summed E-state index contributed by atoms with van der Waals surface area (Å²) in [5.41, 5.74) is 7.10. The number of hydrogen-bond donors (Lipinski definition) is 2. The number of piperazine rings is 1. The molecular weight excluding hydrogens is 230 g/mol. The summed E-state index contributed by atoms with van der Waals surface area (Å²) in [6.07, 6.45) is 3.12. The van der Waals surface area contributed by atoms with Crippen molar-refractivity contribution in [2.75, 3.05) is 30.3 Å². The van der Waals surface area contributed by atoms with Crippen molar-refractivity contribution in [3.05, 3.63) is 12.5 Å². The van der Waals surface area contributed by atoms with Crippen molar-refractivity contribution < 1.29 is 0 Å². The SMILES string of the molecule is CC1CN(c2ncc3ncnc(N)c3n2)CCN1. The molecule has 7 nitrogen and oxygen atoms in total. The van der Waals surface area contributed by atoms with Gasteiger partial charge in [0.25, 0.3) is 0 Å². The van der Waals surface area contributed by atoms with Crippen LogP contribution in [0.2, 0.25) is 0 Å². The summed E-state index contributed by atoms with van der Waals surface area (Å²) in [7, 11) is 0. The van der Waals surface area contributed by atoms with Crippen LogP contribution in [0, 0.1) is 0 Å². The van der Waals surface area contributed by atoms with E-state index in [0.717, 1.165) is 19.6 Å². The molecular formula is C11H15N7. The second-order valence-electron chi connectivity index (χ2n) is 4.46. The van der Waals surface area contributed by atoms with E-state index in [1.165, 1.54) is 6.33 Å². The Morgan fingerprint density at radius 3 is 3.11 bits per heavy atom. The number of fused-ring (bicyclic) bond motifs is 1. The van der Waals surface area contributed by atoms with Gasteiger partial charge in [-0.1, -0.05) is 0 Å². The molecule has 0 radical (unpaired) electrons. The molecule has 0 spiro atoms. The minimum absolute atomic E-state index is 0.395. The summed E-state index contributed by atoms with van der Waals surface area (Å²) in [6, 6.07) is 0.433. The molecule has 0 bridgehead atoms. The largest absolute Gasteiger partial charge is 0.382 e. The van der Waals surface area contributed by atoms with Crippen LogP contribution < -0.4 is 16.0 Å². The predicted octanol–water partition coefficient (Wildman–Crippen LogP) is -0.200. The van der Waals surface area contributed by atoms with Crippen molar-refractivity contribution in [2.24, 2.45) is 0 Å². The summed E-state index contributed by atoms with van der Waals surface area (Å²) >= 11 is 0. The van der Waals surface area contributed by atoms with Crippen LogP contribution in [-0.4, -0.2) is 45.6 Å². The predicted molar refractivity (Wildman–Crippen MR) is 69.2 cm³/mol. The molecule has 2 aromatic heterocycles. The third-order valence-electron chi connectivity index (χ3n) is 3.04. The molecule has 94 valence electrons. The van der Waals surface area contributed by atoms with Crippen LogP contribution in [0.1, 0.15) is 6.92 Å². The highest BCUT2D eigenvalue weighted by atomic mass is 15.3. The summed E-state index contributed by atoms with van der Waals surface area (Å²) < 4.78 is 0. The van der Waals surface area contributed by atoms with Crippen molar-refractivity contribution >= 4 is 22.8 Å². The van der Waals surface area contributed by atoms with Crippen LogP contribution in [0.4, 0.5) is 11.8 Å². The van der Waals surface area contributed by atoms with Crippen molar-refractivity contribution in [3.63, 3.8) is 0 Å². The van der Waals surface area contributed by atoms with Crippen LogP contribution >= 0.6 is 0 Å². The van der Waals surface area contributed by atoms with Gasteiger partial charge in [0.05, 0.1) is 6.20 Å². The molecule has 1 saturated heterocycles. The van der Waals surface area contributed by atoms with Gasteiger partial charge in [-0.2, -0.15) is 0 Å². The number of nitrogen functional groups attached to an aromatic ring is 1. The van der Waals surface area contributed by atoms with Gasteiger partial charge in [-0.3, -0.25) is 0 Å². The normalized spacial score (nSPS) is 20.3. The van der Waals surface area contributed by atoms with Gasteiger partial charge in [0.15, 0.2) is 5.82 Å². The molecule has 7 heteroatoms. The Balaban J connectivity index is 1.99. The fourth-order valence-electron chi connectivity index (χ4n) is 2.13. The Morgan fingerprint density at radius 2 is 2.28 bits per heavy atom. The molecule has 1 fully saturated rings. The van der Waals surface area contributed by atoms with Crippen LogP contribution in [0.15, 0.2) is 12.5 Å². The van der Waals surface area contributed by atoms with E-state index in [-0.39, 0.29) is 0 Å². The summed E-state index contributed by atoms with van der Waals surface area (Å²) in [4.78, 5) is 19.0.